The van der Waals surface area contributed by atoms with E-state index in [1.807, 2.05) is 12.1 Å². The molecule has 4 rings (SSSR count). The van der Waals surface area contributed by atoms with Gasteiger partial charge in [0.2, 0.25) is 0 Å². The Kier molecular flexibility index (Phi) is 3.01. The van der Waals surface area contributed by atoms with Crippen LogP contribution in [0.3, 0.4) is 0 Å². The predicted molar refractivity (Wildman–Crippen MR) is 94.6 cm³/mol. The van der Waals surface area contributed by atoms with E-state index in [1.165, 1.54) is 21.9 Å². The second-order valence-corrected chi connectivity index (χ2v) is 6.34. The summed E-state index contributed by atoms with van der Waals surface area (Å²) in [6.45, 7) is 2.11. The summed E-state index contributed by atoms with van der Waals surface area (Å²) in [4.78, 5) is 6.82. The van der Waals surface area contributed by atoms with Gasteiger partial charge in [-0.2, -0.15) is 0 Å². The third-order valence-corrected chi connectivity index (χ3v) is 4.60. The summed E-state index contributed by atoms with van der Waals surface area (Å²) < 4.78 is 6.46. The topological polar surface area (TPSA) is 40.8 Å². The summed E-state index contributed by atoms with van der Waals surface area (Å²) in [5, 5.41) is 2.39. The van der Waals surface area contributed by atoms with Crippen molar-refractivity contribution in [2.24, 2.45) is 0 Å². The molecule has 0 aliphatic carbocycles. The Balaban J connectivity index is 2.07. The number of aromatic amines is 2. The van der Waals surface area contributed by atoms with E-state index in [9.17, 15) is 0 Å². The maximum atomic E-state index is 5.38. The van der Waals surface area contributed by atoms with Crippen LogP contribution in [0.5, 0.6) is 5.75 Å². The Hall–Kier alpha value is -2.20. The van der Waals surface area contributed by atoms with E-state index in [-0.39, 0.29) is 0 Å². The molecule has 0 unspecified atom stereocenters. The van der Waals surface area contributed by atoms with Gasteiger partial charge in [0.15, 0.2) is 0 Å². The maximum Gasteiger partial charge on any atom is 0.119 e. The van der Waals surface area contributed by atoms with Crippen molar-refractivity contribution in [3.05, 3.63) is 52.8 Å². The van der Waals surface area contributed by atoms with Crippen molar-refractivity contribution in [2.45, 2.75) is 6.92 Å². The number of hydrogen-bond acceptors (Lipinski definition) is 1. The van der Waals surface area contributed by atoms with Crippen LogP contribution in [0, 0.1) is 6.92 Å². The molecule has 2 aromatic heterocycles. The lowest BCUT2D eigenvalue weighted by molar-refractivity contribution is 0.415. The first-order valence-corrected chi connectivity index (χ1v) is 7.90. The monoisotopic (exact) mass is 354 g/mol. The molecule has 0 spiro atoms. The number of fused-ring (bicyclic) bond motifs is 2. The van der Waals surface area contributed by atoms with Crippen LogP contribution in [0.4, 0.5) is 0 Å². The first kappa shape index (κ1) is 13.5. The molecule has 0 radical (unpaired) electrons. The first-order valence-electron chi connectivity index (χ1n) is 7.10. The summed E-state index contributed by atoms with van der Waals surface area (Å²) >= 11 is 3.56. The highest BCUT2D eigenvalue weighted by Crippen LogP contribution is 2.38. The number of aromatic nitrogens is 2. The molecule has 0 fully saturated rings. The molecular weight excluding hydrogens is 340 g/mol. The van der Waals surface area contributed by atoms with Crippen LogP contribution in [0.1, 0.15) is 5.69 Å². The van der Waals surface area contributed by atoms with E-state index in [2.05, 4.69) is 63.3 Å². The second kappa shape index (κ2) is 4.92. The van der Waals surface area contributed by atoms with Crippen LogP contribution in [-0.2, 0) is 0 Å². The van der Waals surface area contributed by atoms with Crippen molar-refractivity contribution in [3.8, 4) is 16.9 Å². The third-order valence-electron chi connectivity index (χ3n) is 4.11. The van der Waals surface area contributed by atoms with E-state index in [4.69, 9.17) is 4.74 Å². The molecule has 0 amide bonds. The molecule has 0 aliphatic heterocycles. The summed E-state index contributed by atoms with van der Waals surface area (Å²) in [7, 11) is 1.70. The number of ether oxygens (including phenoxy) is 1. The molecule has 0 saturated heterocycles. The SMILES string of the molecule is COc1ccc2[nH]c(C)c(-c3c[nH]c4ccc(Br)cc34)c2c1. The Bertz CT molecular complexity index is 997. The fraction of sp³-hybridized carbons (Fsp3) is 0.111. The smallest absolute Gasteiger partial charge is 0.119 e. The maximum absolute atomic E-state index is 5.38. The van der Waals surface area contributed by atoms with Gasteiger partial charge >= 0.3 is 0 Å². The van der Waals surface area contributed by atoms with E-state index in [1.54, 1.807) is 7.11 Å². The molecule has 2 N–H and O–H groups in total. The number of halogens is 1. The fourth-order valence-electron chi connectivity index (χ4n) is 3.08. The third kappa shape index (κ3) is 1.95. The Morgan fingerprint density at radius 2 is 1.82 bits per heavy atom. The molecule has 3 nitrogen and oxygen atoms in total. The van der Waals surface area contributed by atoms with Crippen LogP contribution in [-0.4, -0.2) is 17.1 Å². The normalized spacial score (nSPS) is 11.4. The van der Waals surface area contributed by atoms with Gasteiger partial charge in [-0.05, 0) is 43.3 Å². The van der Waals surface area contributed by atoms with Crippen molar-refractivity contribution in [2.75, 3.05) is 7.11 Å². The largest absolute Gasteiger partial charge is 0.497 e. The summed E-state index contributed by atoms with van der Waals surface area (Å²) in [5.74, 6) is 0.869. The molecule has 110 valence electrons. The lowest BCUT2D eigenvalue weighted by Crippen LogP contribution is -1.82. The number of nitrogens with one attached hydrogen (secondary N) is 2. The minimum atomic E-state index is 0.869. The molecule has 0 bridgehead atoms. The lowest BCUT2D eigenvalue weighted by atomic mass is 10.0. The van der Waals surface area contributed by atoms with Crippen LogP contribution < -0.4 is 4.74 Å². The van der Waals surface area contributed by atoms with Gasteiger partial charge in [-0.15, -0.1) is 0 Å². The Labute approximate surface area is 136 Å². The highest BCUT2D eigenvalue weighted by molar-refractivity contribution is 9.10. The van der Waals surface area contributed by atoms with Gasteiger partial charge in [0.25, 0.3) is 0 Å². The molecule has 0 saturated carbocycles. The van der Waals surface area contributed by atoms with E-state index < -0.39 is 0 Å². The Morgan fingerprint density at radius 3 is 2.64 bits per heavy atom. The van der Waals surface area contributed by atoms with Crippen LogP contribution in [0.2, 0.25) is 0 Å². The molecule has 2 aromatic carbocycles. The number of H-pyrrole nitrogens is 2. The van der Waals surface area contributed by atoms with E-state index in [0.29, 0.717) is 0 Å². The van der Waals surface area contributed by atoms with Gasteiger partial charge in [0, 0.05) is 49.3 Å². The lowest BCUT2D eigenvalue weighted by Gasteiger charge is -2.03. The molecule has 2 heterocycles. The summed E-state index contributed by atoms with van der Waals surface area (Å²) in [6, 6.07) is 12.4. The minimum absolute atomic E-state index is 0.869. The molecule has 0 atom stereocenters. The molecule has 4 heteroatoms. The van der Waals surface area contributed by atoms with E-state index >= 15 is 0 Å². The van der Waals surface area contributed by atoms with Crippen LogP contribution >= 0.6 is 15.9 Å². The average Bonchev–Trinajstić information content (AvgIpc) is 3.05. The predicted octanol–water partition coefficient (Wildman–Crippen LogP) is 5.40. The zero-order chi connectivity index (χ0) is 15.3. The Morgan fingerprint density at radius 1 is 1.00 bits per heavy atom. The van der Waals surface area contributed by atoms with Gasteiger partial charge < -0.3 is 14.7 Å². The van der Waals surface area contributed by atoms with Crippen molar-refractivity contribution in [1.82, 2.24) is 9.97 Å². The number of methoxy groups -OCH3 is 1. The molecular formula is C18H15BrN2O. The fourth-order valence-corrected chi connectivity index (χ4v) is 3.44. The zero-order valence-electron chi connectivity index (χ0n) is 12.3. The van der Waals surface area contributed by atoms with Crippen molar-refractivity contribution >= 4 is 37.7 Å². The first-order chi connectivity index (χ1) is 10.7. The van der Waals surface area contributed by atoms with Gasteiger partial charge in [0.1, 0.15) is 5.75 Å². The zero-order valence-corrected chi connectivity index (χ0v) is 13.9. The van der Waals surface area contributed by atoms with Crippen molar-refractivity contribution in [1.29, 1.82) is 0 Å². The quantitative estimate of drug-likeness (QED) is 0.497. The highest BCUT2D eigenvalue weighted by Gasteiger charge is 2.15. The highest BCUT2D eigenvalue weighted by atomic mass is 79.9. The minimum Gasteiger partial charge on any atom is -0.497 e. The van der Waals surface area contributed by atoms with Crippen molar-refractivity contribution < 1.29 is 4.74 Å². The molecule has 0 aliphatic rings. The van der Waals surface area contributed by atoms with Crippen molar-refractivity contribution in [3.63, 3.8) is 0 Å². The van der Waals surface area contributed by atoms with Crippen LogP contribution in [0.15, 0.2) is 47.1 Å². The van der Waals surface area contributed by atoms with E-state index in [0.717, 1.165) is 26.9 Å². The summed E-state index contributed by atoms with van der Waals surface area (Å²) in [6.07, 6.45) is 2.08. The van der Waals surface area contributed by atoms with Gasteiger partial charge in [-0.25, -0.2) is 0 Å². The number of hydrogen-bond donors (Lipinski definition) is 2. The number of aryl methyl sites for hydroxylation is 1. The van der Waals surface area contributed by atoms with Crippen LogP contribution in [0.25, 0.3) is 32.9 Å². The van der Waals surface area contributed by atoms with Gasteiger partial charge in [-0.1, -0.05) is 15.9 Å². The number of benzene rings is 2. The second-order valence-electron chi connectivity index (χ2n) is 5.43. The standard InChI is InChI=1S/C18H15BrN2O/c1-10-18(14-8-12(22-2)4-6-17(14)21-10)15-9-20-16-5-3-11(19)7-13(15)16/h3-9,20-21H,1-2H3. The molecule has 4 aromatic rings. The number of rotatable bonds is 2. The average molecular weight is 355 g/mol. The van der Waals surface area contributed by atoms with Gasteiger partial charge in [-0.3, -0.25) is 0 Å². The summed E-state index contributed by atoms with van der Waals surface area (Å²) in [5.41, 5.74) is 5.84. The molecule has 22 heavy (non-hydrogen) atoms. The van der Waals surface area contributed by atoms with Gasteiger partial charge in [0.05, 0.1) is 7.11 Å².